The summed E-state index contributed by atoms with van der Waals surface area (Å²) < 4.78 is 5.13. The van der Waals surface area contributed by atoms with Crippen LogP contribution in [0.1, 0.15) is 50.9 Å². The van der Waals surface area contributed by atoms with Crippen LogP contribution < -0.4 is 10.6 Å². The van der Waals surface area contributed by atoms with Crippen molar-refractivity contribution in [2.75, 3.05) is 13.1 Å². The number of aliphatic imine (C=N–C) groups is 1. The van der Waals surface area contributed by atoms with Gasteiger partial charge in [-0.25, -0.2) is 4.99 Å². The van der Waals surface area contributed by atoms with Gasteiger partial charge in [0.2, 0.25) is 5.89 Å². The predicted molar refractivity (Wildman–Crippen MR) is 116 cm³/mol. The molecule has 2 aromatic rings. The van der Waals surface area contributed by atoms with Gasteiger partial charge in [0.1, 0.15) is 6.54 Å². The molecule has 0 saturated carbocycles. The van der Waals surface area contributed by atoms with Crippen molar-refractivity contribution < 1.29 is 4.52 Å². The molecule has 1 heterocycles. The van der Waals surface area contributed by atoms with Crippen molar-refractivity contribution in [2.45, 2.75) is 52.5 Å². The normalized spacial score (nSPS) is 11.8. The summed E-state index contributed by atoms with van der Waals surface area (Å²) in [7, 11) is 0. The lowest BCUT2D eigenvalue weighted by Crippen LogP contribution is -2.45. The molecule has 2 rings (SSSR count). The van der Waals surface area contributed by atoms with Gasteiger partial charge in [-0.1, -0.05) is 49.3 Å². The summed E-state index contributed by atoms with van der Waals surface area (Å²) in [4.78, 5) is 8.75. The molecule has 0 bridgehead atoms. The van der Waals surface area contributed by atoms with Crippen LogP contribution in [0.3, 0.4) is 0 Å². The molecule has 0 unspecified atom stereocenters. The minimum atomic E-state index is 0. The molecule has 0 spiro atoms. The number of rotatable bonds is 8. The Kier molecular flexibility index (Phi) is 9.61. The molecular formula is C19H30IN5O. The number of nitrogens with one attached hydrogen (secondary N) is 2. The van der Waals surface area contributed by atoms with Crippen LogP contribution in [-0.4, -0.2) is 29.2 Å². The van der Waals surface area contributed by atoms with E-state index < -0.39 is 0 Å². The molecule has 26 heavy (non-hydrogen) atoms. The fraction of sp³-hybridized carbons (Fsp3) is 0.526. The summed E-state index contributed by atoms with van der Waals surface area (Å²) in [6.45, 7) is 10.3. The third-order valence-corrected chi connectivity index (χ3v) is 4.62. The van der Waals surface area contributed by atoms with Crippen molar-refractivity contribution in [1.29, 1.82) is 0 Å². The molecule has 0 radical (unpaired) electrons. The average Bonchev–Trinajstić information content (AvgIpc) is 3.07. The van der Waals surface area contributed by atoms with Gasteiger partial charge < -0.3 is 15.2 Å². The number of benzene rings is 1. The Morgan fingerprint density at radius 1 is 1.12 bits per heavy atom. The van der Waals surface area contributed by atoms with Crippen LogP contribution in [-0.2, 0) is 12.0 Å². The Hall–Kier alpha value is -1.64. The van der Waals surface area contributed by atoms with E-state index in [0.29, 0.717) is 18.3 Å². The fourth-order valence-electron chi connectivity index (χ4n) is 2.95. The lowest BCUT2D eigenvalue weighted by Gasteiger charge is -2.33. The van der Waals surface area contributed by atoms with Gasteiger partial charge in [0.15, 0.2) is 11.8 Å². The zero-order valence-corrected chi connectivity index (χ0v) is 18.4. The third-order valence-electron chi connectivity index (χ3n) is 4.62. The molecule has 0 fully saturated rings. The second-order valence-corrected chi connectivity index (χ2v) is 6.14. The lowest BCUT2D eigenvalue weighted by atomic mass is 9.76. The Balaban J connectivity index is 0.00000338. The monoisotopic (exact) mass is 471 g/mol. The molecule has 7 heteroatoms. The summed E-state index contributed by atoms with van der Waals surface area (Å²) in [6, 6.07) is 10.7. The molecule has 1 aromatic carbocycles. The maximum atomic E-state index is 5.13. The highest BCUT2D eigenvalue weighted by atomic mass is 127. The molecule has 0 saturated heterocycles. The van der Waals surface area contributed by atoms with E-state index >= 15 is 0 Å². The van der Waals surface area contributed by atoms with Crippen LogP contribution in [0.15, 0.2) is 39.8 Å². The summed E-state index contributed by atoms with van der Waals surface area (Å²) >= 11 is 0. The topological polar surface area (TPSA) is 75.3 Å². The van der Waals surface area contributed by atoms with Crippen molar-refractivity contribution in [3.05, 3.63) is 47.6 Å². The maximum Gasteiger partial charge on any atom is 0.248 e. The van der Waals surface area contributed by atoms with E-state index in [1.807, 2.05) is 0 Å². The quantitative estimate of drug-likeness (QED) is 0.348. The van der Waals surface area contributed by atoms with Gasteiger partial charge in [0, 0.05) is 18.5 Å². The summed E-state index contributed by atoms with van der Waals surface area (Å²) in [6.07, 6.45) is 2.12. The van der Waals surface area contributed by atoms with Gasteiger partial charge in [0.25, 0.3) is 0 Å². The second-order valence-electron chi connectivity index (χ2n) is 6.14. The zero-order chi connectivity index (χ0) is 18.1. The predicted octanol–water partition coefficient (Wildman–Crippen LogP) is 3.81. The van der Waals surface area contributed by atoms with Crippen LogP contribution >= 0.6 is 24.0 Å². The maximum absolute atomic E-state index is 5.13. The van der Waals surface area contributed by atoms with Crippen molar-refractivity contribution in [3.63, 3.8) is 0 Å². The third kappa shape index (κ3) is 5.96. The van der Waals surface area contributed by atoms with Gasteiger partial charge in [-0.2, -0.15) is 4.98 Å². The average molecular weight is 471 g/mol. The van der Waals surface area contributed by atoms with E-state index in [0.717, 1.165) is 31.9 Å². The number of guanidine groups is 1. The molecular weight excluding hydrogens is 441 g/mol. The highest BCUT2D eigenvalue weighted by Crippen LogP contribution is 2.30. The van der Waals surface area contributed by atoms with Crippen LogP contribution in [0.5, 0.6) is 0 Å². The van der Waals surface area contributed by atoms with Crippen molar-refractivity contribution in [2.24, 2.45) is 4.99 Å². The first kappa shape index (κ1) is 22.4. The smallest absolute Gasteiger partial charge is 0.248 e. The fourth-order valence-corrected chi connectivity index (χ4v) is 2.95. The molecule has 1 aromatic heterocycles. The Morgan fingerprint density at radius 2 is 1.81 bits per heavy atom. The second kappa shape index (κ2) is 11.2. The SMILES string of the molecule is CCNC(=NCc1nc(C)no1)NCC(CC)(CC)c1ccccc1.I. The van der Waals surface area contributed by atoms with Crippen molar-refractivity contribution >= 4 is 29.9 Å². The summed E-state index contributed by atoms with van der Waals surface area (Å²) in [5.74, 6) is 1.92. The number of hydrogen-bond acceptors (Lipinski definition) is 4. The van der Waals surface area contributed by atoms with E-state index in [1.165, 1.54) is 5.56 Å². The van der Waals surface area contributed by atoms with Gasteiger partial charge >= 0.3 is 0 Å². The molecule has 0 aliphatic carbocycles. The standard InChI is InChI=1S/C19H29N5O.HI/c1-5-19(6-2,16-11-9-8-10-12-16)14-22-18(20-7-3)21-13-17-23-15(4)24-25-17;/h8-12H,5-7,13-14H2,1-4H3,(H2,20,21,22);1H. The number of hydrogen-bond donors (Lipinski definition) is 2. The number of halogens is 1. The van der Waals surface area contributed by atoms with Crippen LogP contribution in [0.2, 0.25) is 0 Å². The molecule has 0 aliphatic rings. The molecule has 0 aliphatic heterocycles. The minimum absolute atomic E-state index is 0. The van der Waals surface area contributed by atoms with Gasteiger partial charge in [-0.3, -0.25) is 0 Å². The Morgan fingerprint density at radius 3 is 2.35 bits per heavy atom. The van der Waals surface area contributed by atoms with Crippen molar-refractivity contribution in [3.8, 4) is 0 Å². The van der Waals surface area contributed by atoms with Gasteiger partial charge in [-0.15, -0.1) is 24.0 Å². The molecule has 6 nitrogen and oxygen atoms in total. The summed E-state index contributed by atoms with van der Waals surface area (Å²) in [5, 5.41) is 10.6. The first-order chi connectivity index (χ1) is 12.1. The van der Waals surface area contributed by atoms with E-state index in [-0.39, 0.29) is 29.4 Å². The lowest BCUT2D eigenvalue weighted by molar-refractivity contribution is 0.375. The Bertz CT molecular complexity index is 668. The van der Waals surface area contributed by atoms with Crippen LogP contribution in [0, 0.1) is 6.92 Å². The van der Waals surface area contributed by atoms with E-state index in [9.17, 15) is 0 Å². The number of aryl methyl sites for hydroxylation is 1. The first-order valence-electron chi connectivity index (χ1n) is 9.00. The van der Waals surface area contributed by atoms with Gasteiger partial charge in [-0.05, 0) is 32.3 Å². The first-order valence-corrected chi connectivity index (χ1v) is 9.00. The van der Waals surface area contributed by atoms with Gasteiger partial charge in [0.05, 0.1) is 0 Å². The van der Waals surface area contributed by atoms with E-state index in [2.05, 4.69) is 76.9 Å². The van der Waals surface area contributed by atoms with Crippen LogP contribution in [0.25, 0.3) is 0 Å². The Labute approximate surface area is 173 Å². The number of nitrogens with zero attached hydrogens (tertiary/aromatic N) is 3. The summed E-state index contributed by atoms with van der Waals surface area (Å²) in [5.41, 5.74) is 1.44. The van der Waals surface area contributed by atoms with E-state index in [4.69, 9.17) is 4.52 Å². The molecule has 0 atom stereocenters. The highest BCUT2D eigenvalue weighted by Gasteiger charge is 2.28. The van der Waals surface area contributed by atoms with Crippen LogP contribution in [0.4, 0.5) is 0 Å². The van der Waals surface area contributed by atoms with E-state index in [1.54, 1.807) is 6.92 Å². The molecule has 144 valence electrons. The zero-order valence-electron chi connectivity index (χ0n) is 16.1. The minimum Gasteiger partial charge on any atom is -0.357 e. The molecule has 2 N–H and O–H groups in total. The highest BCUT2D eigenvalue weighted by molar-refractivity contribution is 14.0. The van der Waals surface area contributed by atoms with Crippen molar-refractivity contribution in [1.82, 2.24) is 20.8 Å². The number of aromatic nitrogens is 2. The molecule has 0 amide bonds. The largest absolute Gasteiger partial charge is 0.357 e.